The van der Waals surface area contributed by atoms with Crippen molar-refractivity contribution < 1.29 is 0 Å². The first-order valence-corrected chi connectivity index (χ1v) is 7.84. The fraction of sp³-hybridized carbons (Fsp3) is 1.00. The molecule has 0 aromatic heterocycles. The van der Waals surface area contributed by atoms with E-state index in [1.807, 2.05) is 0 Å². The molecule has 1 saturated heterocycles. The summed E-state index contributed by atoms with van der Waals surface area (Å²) in [7, 11) is 0. The molecule has 0 aliphatic carbocycles. The lowest BCUT2D eigenvalue weighted by Gasteiger charge is -2.43. The number of piperidine rings is 1. The maximum atomic E-state index is 3.66. The lowest BCUT2D eigenvalue weighted by Crippen LogP contribution is -2.51. The fourth-order valence-corrected chi connectivity index (χ4v) is 2.90. The van der Waals surface area contributed by atoms with Gasteiger partial charge in [-0.2, -0.15) is 0 Å². The quantitative estimate of drug-likeness (QED) is 0.780. The van der Waals surface area contributed by atoms with Crippen LogP contribution in [-0.2, 0) is 0 Å². The van der Waals surface area contributed by atoms with E-state index in [4.69, 9.17) is 0 Å². The SMILES string of the molecule is CCCNC(C)C(C)(C)CN1CC(C)CCC1C. The van der Waals surface area contributed by atoms with Crippen molar-refractivity contribution in [3.8, 4) is 0 Å². The largest absolute Gasteiger partial charge is 0.314 e. The third kappa shape index (κ3) is 4.55. The van der Waals surface area contributed by atoms with Crippen molar-refractivity contribution in [2.75, 3.05) is 19.6 Å². The summed E-state index contributed by atoms with van der Waals surface area (Å²) in [5.41, 5.74) is 0.348. The molecule has 2 heteroatoms. The minimum absolute atomic E-state index is 0.348. The van der Waals surface area contributed by atoms with Gasteiger partial charge in [-0.25, -0.2) is 0 Å². The molecular weight excluding hydrogens is 220 g/mol. The molecule has 1 heterocycles. The Morgan fingerprint density at radius 2 is 1.94 bits per heavy atom. The van der Waals surface area contributed by atoms with E-state index >= 15 is 0 Å². The first-order chi connectivity index (χ1) is 8.36. The topological polar surface area (TPSA) is 15.3 Å². The molecule has 18 heavy (non-hydrogen) atoms. The van der Waals surface area contributed by atoms with Gasteiger partial charge in [0.1, 0.15) is 0 Å². The lowest BCUT2D eigenvalue weighted by atomic mass is 9.83. The van der Waals surface area contributed by atoms with Crippen LogP contribution in [0.5, 0.6) is 0 Å². The van der Waals surface area contributed by atoms with Gasteiger partial charge in [-0.05, 0) is 51.0 Å². The number of hydrogen-bond donors (Lipinski definition) is 1. The third-order valence-electron chi connectivity index (χ3n) is 4.73. The predicted octanol–water partition coefficient (Wildman–Crippen LogP) is 3.52. The Kier molecular flexibility index (Phi) is 6.13. The molecule has 1 fully saturated rings. The molecule has 1 aliphatic heterocycles. The minimum Gasteiger partial charge on any atom is -0.314 e. The van der Waals surface area contributed by atoms with Gasteiger partial charge in [0.15, 0.2) is 0 Å². The normalized spacial score (nSPS) is 28.3. The van der Waals surface area contributed by atoms with Crippen LogP contribution in [0.2, 0.25) is 0 Å². The lowest BCUT2D eigenvalue weighted by molar-refractivity contribution is 0.0658. The van der Waals surface area contributed by atoms with E-state index in [1.165, 1.54) is 32.4 Å². The van der Waals surface area contributed by atoms with Gasteiger partial charge in [0.2, 0.25) is 0 Å². The second-order valence-corrected chi connectivity index (χ2v) is 7.13. The minimum atomic E-state index is 0.348. The van der Waals surface area contributed by atoms with Crippen molar-refractivity contribution in [3.63, 3.8) is 0 Å². The zero-order valence-corrected chi connectivity index (χ0v) is 13.4. The van der Waals surface area contributed by atoms with Crippen LogP contribution in [0.15, 0.2) is 0 Å². The highest BCUT2D eigenvalue weighted by molar-refractivity contribution is 4.87. The maximum absolute atomic E-state index is 3.66. The molecular formula is C16H34N2. The van der Waals surface area contributed by atoms with Crippen molar-refractivity contribution in [2.24, 2.45) is 11.3 Å². The van der Waals surface area contributed by atoms with Crippen LogP contribution in [-0.4, -0.2) is 36.6 Å². The average Bonchev–Trinajstić information content (AvgIpc) is 2.30. The molecule has 0 amide bonds. The van der Waals surface area contributed by atoms with Crippen LogP contribution >= 0.6 is 0 Å². The van der Waals surface area contributed by atoms with Gasteiger partial charge in [0.25, 0.3) is 0 Å². The summed E-state index contributed by atoms with van der Waals surface area (Å²) < 4.78 is 0. The van der Waals surface area contributed by atoms with Crippen molar-refractivity contribution >= 4 is 0 Å². The summed E-state index contributed by atoms with van der Waals surface area (Å²) in [6.45, 7) is 17.8. The van der Waals surface area contributed by atoms with Crippen LogP contribution in [0.25, 0.3) is 0 Å². The van der Waals surface area contributed by atoms with E-state index in [0.717, 1.165) is 18.5 Å². The van der Waals surface area contributed by atoms with Gasteiger partial charge < -0.3 is 5.32 Å². The molecule has 0 aromatic carbocycles. The van der Waals surface area contributed by atoms with E-state index in [2.05, 4.69) is 51.8 Å². The highest BCUT2D eigenvalue weighted by Crippen LogP contribution is 2.28. The van der Waals surface area contributed by atoms with E-state index in [1.54, 1.807) is 0 Å². The molecule has 1 N–H and O–H groups in total. The van der Waals surface area contributed by atoms with E-state index < -0.39 is 0 Å². The van der Waals surface area contributed by atoms with Crippen molar-refractivity contribution in [1.82, 2.24) is 10.2 Å². The Bertz CT molecular complexity index is 237. The number of nitrogens with zero attached hydrogens (tertiary/aromatic N) is 1. The van der Waals surface area contributed by atoms with Crippen LogP contribution in [0.1, 0.15) is 60.8 Å². The summed E-state index contributed by atoms with van der Waals surface area (Å²) in [6.07, 6.45) is 3.99. The Hall–Kier alpha value is -0.0800. The molecule has 108 valence electrons. The second-order valence-electron chi connectivity index (χ2n) is 7.13. The van der Waals surface area contributed by atoms with Crippen molar-refractivity contribution in [1.29, 1.82) is 0 Å². The molecule has 0 radical (unpaired) electrons. The van der Waals surface area contributed by atoms with Crippen LogP contribution < -0.4 is 5.32 Å². The van der Waals surface area contributed by atoms with E-state index in [0.29, 0.717) is 11.5 Å². The molecule has 0 spiro atoms. The van der Waals surface area contributed by atoms with Gasteiger partial charge >= 0.3 is 0 Å². The summed E-state index contributed by atoms with van der Waals surface area (Å²) >= 11 is 0. The monoisotopic (exact) mass is 254 g/mol. The summed E-state index contributed by atoms with van der Waals surface area (Å²) in [5, 5.41) is 3.66. The zero-order chi connectivity index (χ0) is 13.8. The smallest absolute Gasteiger partial charge is 0.0102 e. The van der Waals surface area contributed by atoms with Crippen molar-refractivity contribution in [3.05, 3.63) is 0 Å². The summed E-state index contributed by atoms with van der Waals surface area (Å²) in [4.78, 5) is 2.71. The number of nitrogens with one attached hydrogen (secondary N) is 1. The fourth-order valence-electron chi connectivity index (χ4n) is 2.90. The zero-order valence-electron chi connectivity index (χ0n) is 13.4. The first-order valence-electron chi connectivity index (χ1n) is 7.84. The average molecular weight is 254 g/mol. The van der Waals surface area contributed by atoms with Gasteiger partial charge in [-0.1, -0.05) is 27.7 Å². The maximum Gasteiger partial charge on any atom is 0.0102 e. The third-order valence-corrected chi connectivity index (χ3v) is 4.73. The Morgan fingerprint density at radius 3 is 2.56 bits per heavy atom. The molecule has 0 bridgehead atoms. The van der Waals surface area contributed by atoms with Gasteiger partial charge in [0.05, 0.1) is 0 Å². The van der Waals surface area contributed by atoms with Crippen molar-refractivity contribution in [2.45, 2.75) is 72.9 Å². The predicted molar refractivity (Wildman–Crippen MR) is 81.0 cm³/mol. The molecule has 0 aromatic rings. The molecule has 3 atom stereocenters. The van der Waals surface area contributed by atoms with Crippen LogP contribution in [0.3, 0.4) is 0 Å². The molecule has 1 rings (SSSR count). The molecule has 2 nitrogen and oxygen atoms in total. The Balaban J connectivity index is 2.51. The first kappa shape index (κ1) is 16.0. The number of likely N-dealkylation sites (tertiary alicyclic amines) is 1. The highest BCUT2D eigenvalue weighted by Gasteiger charge is 2.32. The molecule has 1 aliphatic rings. The van der Waals surface area contributed by atoms with Gasteiger partial charge in [0, 0.05) is 25.2 Å². The van der Waals surface area contributed by atoms with Gasteiger partial charge in [-0.3, -0.25) is 4.90 Å². The number of hydrogen-bond acceptors (Lipinski definition) is 2. The van der Waals surface area contributed by atoms with E-state index in [-0.39, 0.29) is 0 Å². The number of rotatable bonds is 6. The Morgan fingerprint density at radius 1 is 1.28 bits per heavy atom. The summed E-state index contributed by atoms with van der Waals surface area (Å²) in [5.74, 6) is 0.871. The molecule has 3 unspecified atom stereocenters. The molecule has 0 saturated carbocycles. The standard InChI is InChI=1S/C16H34N2/c1-7-10-17-15(4)16(5,6)12-18-11-13(2)8-9-14(18)3/h13-15,17H,7-12H2,1-6H3. The van der Waals surface area contributed by atoms with Crippen LogP contribution in [0, 0.1) is 11.3 Å². The second kappa shape index (κ2) is 6.91. The van der Waals surface area contributed by atoms with Crippen LogP contribution in [0.4, 0.5) is 0 Å². The highest BCUT2D eigenvalue weighted by atomic mass is 15.2. The summed E-state index contributed by atoms with van der Waals surface area (Å²) in [6, 6.07) is 1.35. The van der Waals surface area contributed by atoms with E-state index in [9.17, 15) is 0 Å². The Labute approximate surface area is 115 Å². The van der Waals surface area contributed by atoms with Gasteiger partial charge in [-0.15, -0.1) is 0 Å².